The van der Waals surface area contributed by atoms with Crippen LogP contribution in [0.1, 0.15) is 12.5 Å². The number of benzene rings is 2. The Morgan fingerprint density at radius 1 is 0.941 bits per heavy atom. The van der Waals surface area contributed by atoms with Crippen molar-refractivity contribution in [2.24, 2.45) is 0 Å². The minimum Gasteiger partial charge on any atom is -0.218 e. The first-order chi connectivity index (χ1) is 8.14. The third-order valence-electron chi connectivity index (χ3n) is 3.21. The van der Waals surface area contributed by atoms with Crippen LogP contribution < -0.4 is 0 Å². The monoisotopic (exact) mass is 244 g/mol. The number of rotatable bonds is 1. The van der Waals surface area contributed by atoms with E-state index in [0.29, 0.717) is 9.79 Å². The highest BCUT2D eigenvalue weighted by Gasteiger charge is 2.32. The topological polar surface area (TPSA) is 34.1 Å². The third kappa shape index (κ3) is 1.35. The molecule has 3 heteroatoms. The third-order valence-corrected chi connectivity index (χ3v) is 5.06. The minimum absolute atomic E-state index is 0.434. The lowest BCUT2D eigenvalue weighted by Gasteiger charge is -2.01. The molecule has 0 spiro atoms. The average molecular weight is 244 g/mol. The van der Waals surface area contributed by atoms with Gasteiger partial charge in [0, 0.05) is 11.1 Å². The Morgan fingerprint density at radius 3 is 2.41 bits per heavy atom. The largest absolute Gasteiger partial charge is 0.218 e. The van der Waals surface area contributed by atoms with Crippen molar-refractivity contribution in [2.75, 3.05) is 0 Å². The predicted molar refractivity (Wildman–Crippen MR) is 66.7 cm³/mol. The maximum Gasteiger partial charge on any atom is 0.207 e. The van der Waals surface area contributed by atoms with E-state index in [1.165, 1.54) is 0 Å². The van der Waals surface area contributed by atoms with Crippen molar-refractivity contribution in [3.05, 3.63) is 48.0 Å². The van der Waals surface area contributed by atoms with Crippen molar-refractivity contribution >= 4 is 9.84 Å². The molecule has 0 radical (unpaired) electrons. The highest BCUT2D eigenvalue weighted by Crippen LogP contribution is 2.43. The first-order valence-corrected chi connectivity index (χ1v) is 7.10. The van der Waals surface area contributed by atoms with Crippen molar-refractivity contribution in [1.82, 2.24) is 0 Å². The molecule has 3 rings (SSSR count). The molecule has 0 amide bonds. The van der Waals surface area contributed by atoms with Crippen LogP contribution in [0.4, 0.5) is 0 Å². The molecular weight excluding hydrogens is 232 g/mol. The van der Waals surface area contributed by atoms with Crippen LogP contribution in [0.2, 0.25) is 0 Å². The summed E-state index contributed by atoms with van der Waals surface area (Å²) in [6.07, 6.45) is 0.846. The highest BCUT2D eigenvalue weighted by atomic mass is 32.2. The van der Waals surface area contributed by atoms with Crippen LogP contribution in [0.15, 0.2) is 52.3 Å². The van der Waals surface area contributed by atoms with E-state index >= 15 is 0 Å². The van der Waals surface area contributed by atoms with Crippen LogP contribution in [0, 0.1) is 0 Å². The molecule has 0 aliphatic carbocycles. The van der Waals surface area contributed by atoms with Gasteiger partial charge < -0.3 is 0 Å². The van der Waals surface area contributed by atoms with Gasteiger partial charge in [-0.1, -0.05) is 37.3 Å². The molecule has 0 fully saturated rings. The van der Waals surface area contributed by atoms with E-state index < -0.39 is 9.84 Å². The van der Waals surface area contributed by atoms with Crippen molar-refractivity contribution in [2.45, 2.75) is 23.1 Å². The van der Waals surface area contributed by atoms with Gasteiger partial charge in [0.05, 0.1) is 9.79 Å². The molecule has 17 heavy (non-hydrogen) atoms. The highest BCUT2D eigenvalue weighted by molar-refractivity contribution is 7.92. The standard InChI is InChI=1S/C14H12O2S/c1-2-10-7-8-12-11-5-3-4-6-13(11)17(15,16)14(12)9-10/h3-9H,2H2,1H3. The Kier molecular flexibility index (Phi) is 2.13. The van der Waals surface area contributed by atoms with Crippen LogP contribution in [0.25, 0.3) is 11.1 Å². The van der Waals surface area contributed by atoms with Gasteiger partial charge in [0.25, 0.3) is 0 Å². The molecule has 0 unspecified atom stereocenters. The Bertz CT molecular complexity index is 700. The fourth-order valence-corrected chi connectivity index (χ4v) is 4.01. The fraction of sp³-hybridized carbons (Fsp3) is 0.143. The van der Waals surface area contributed by atoms with E-state index in [4.69, 9.17) is 0 Å². The Morgan fingerprint density at radius 2 is 1.65 bits per heavy atom. The van der Waals surface area contributed by atoms with E-state index in [2.05, 4.69) is 0 Å². The second-order valence-electron chi connectivity index (χ2n) is 4.18. The summed E-state index contributed by atoms with van der Waals surface area (Å²) >= 11 is 0. The fourth-order valence-electron chi connectivity index (χ4n) is 2.27. The summed E-state index contributed by atoms with van der Waals surface area (Å²) in [5.74, 6) is 0. The maximum atomic E-state index is 12.3. The molecule has 1 aliphatic heterocycles. The van der Waals surface area contributed by atoms with Gasteiger partial charge in [-0.3, -0.25) is 0 Å². The van der Waals surface area contributed by atoms with Gasteiger partial charge >= 0.3 is 0 Å². The van der Waals surface area contributed by atoms with Crippen molar-refractivity contribution < 1.29 is 8.42 Å². The van der Waals surface area contributed by atoms with Crippen molar-refractivity contribution in [1.29, 1.82) is 0 Å². The Labute approximate surface area is 101 Å². The molecule has 0 N–H and O–H groups in total. The zero-order valence-corrected chi connectivity index (χ0v) is 10.3. The van der Waals surface area contributed by atoms with E-state index in [1.807, 2.05) is 31.2 Å². The van der Waals surface area contributed by atoms with Gasteiger partial charge in [-0.2, -0.15) is 0 Å². The van der Waals surface area contributed by atoms with Gasteiger partial charge in [0.2, 0.25) is 9.84 Å². The summed E-state index contributed by atoms with van der Waals surface area (Å²) in [6.45, 7) is 2.02. The number of hydrogen-bond acceptors (Lipinski definition) is 2. The summed E-state index contributed by atoms with van der Waals surface area (Å²) < 4.78 is 24.7. The SMILES string of the molecule is CCc1ccc2c(c1)S(=O)(=O)c1ccccc1-2. The summed E-state index contributed by atoms with van der Waals surface area (Å²) in [7, 11) is -3.30. The lowest BCUT2D eigenvalue weighted by atomic mass is 10.0. The molecule has 0 atom stereocenters. The van der Waals surface area contributed by atoms with E-state index in [-0.39, 0.29) is 0 Å². The zero-order chi connectivity index (χ0) is 12.0. The molecule has 86 valence electrons. The van der Waals surface area contributed by atoms with Gasteiger partial charge in [-0.25, -0.2) is 8.42 Å². The molecule has 1 heterocycles. The van der Waals surface area contributed by atoms with Gasteiger partial charge in [0.15, 0.2) is 0 Å². The predicted octanol–water partition coefficient (Wildman–Crippen LogP) is 3.06. The van der Waals surface area contributed by atoms with Crippen molar-refractivity contribution in [3.8, 4) is 11.1 Å². The summed E-state index contributed by atoms with van der Waals surface area (Å²) in [6, 6.07) is 12.9. The molecule has 0 bridgehead atoms. The number of sulfone groups is 1. The van der Waals surface area contributed by atoms with Crippen molar-refractivity contribution in [3.63, 3.8) is 0 Å². The van der Waals surface area contributed by atoms with Crippen LogP contribution >= 0.6 is 0 Å². The quantitative estimate of drug-likeness (QED) is 0.659. The first-order valence-electron chi connectivity index (χ1n) is 5.62. The summed E-state index contributed by atoms with van der Waals surface area (Å²) in [4.78, 5) is 0.890. The molecule has 0 saturated carbocycles. The lowest BCUT2D eigenvalue weighted by Crippen LogP contribution is -1.97. The van der Waals surface area contributed by atoms with E-state index in [0.717, 1.165) is 23.1 Å². The first kappa shape index (κ1) is 10.5. The Hall–Kier alpha value is -1.61. The average Bonchev–Trinajstić information content (AvgIpc) is 2.59. The summed E-state index contributed by atoms with van der Waals surface area (Å²) in [5.41, 5.74) is 2.71. The second kappa shape index (κ2) is 3.44. The molecular formula is C14H12O2S. The number of hydrogen-bond donors (Lipinski definition) is 0. The van der Waals surface area contributed by atoms with Gasteiger partial charge in [-0.15, -0.1) is 0 Å². The van der Waals surface area contributed by atoms with E-state index in [9.17, 15) is 8.42 Å². The normalized spacial score (nSPS) is 15.4. The maximum absolute atomic E-state index is 12.3. The molecule has 2 aromatic carbocycles. The molecule has 0 aromatic heterocycles. The number of aryl methyl sites for hydroxylation is 1. The molecule has 0 saturated heterocycles. The van der Waals surface area contributed by atoms with Gasteiger partial charge in [0.1, 0.15) is 0 Å². The lowest BCUT2D eigenvalue weighted by molar-refractivity contribution is 0.598. The van der Waals surface area contributed by atoms with Crippen LogP contribution in [-0.4, -0.2) is 8.42 Å². The van der Waals surface area contributed by atoms with E-state index in [1.54, 1.807) is 18.2 Å². The zero-order valence-electron chi connectivity index (χ0n) is 9.47. The van der Waals surface area contributed by atoms with Gasteiger partial charge in [-0.05, 0) is 24.1 Å². The molecule has 1 aliphatic rings. The van der Waals surface area contributed by atoms with Crippen LogP contribution in [-0.2, 0) is 16.3 Å². The second-order valence-corrected chi connectivity index (χ2v) is 6.07. The molecule has 2 aromatic rings. The number of fused-ring (bicyclic) bond motifs is 3. The smallest absolute Gasteiger partial charge is 0.207 e. The Balaban J connectivity index is 2.40. The minimum atomic E-state index is -3.30. The summed E-state index contributed by atoms with van der Waals surface area (Å²) in [5, 5.41) is 0. The van der Waals surface area contributed by atoms with Crippen LogP contribution in [0.3, 0.4) is 0 Å². The van der Waals surface area contributed by atoms with Crippen LogP contribution in [0.5, 0.6) is 0 Å². The molecule has 2 nitrogen and oxygen atoms in total.